The van der Waals surface area contributed by atoms with Crippen LogP contribution in [0.4, 0.5) is 0 Å². The van der Waals surface area contributed by atoms with E-state index >= 15 is 0 Å². The Balaban J connectivity index is 1.49. The second-order valence-electron chi connectivity index (χ2n) is 6.45. The minimum absolute atomic E-state index is 0.505. The SMILES string of the molecule is c1ccc(CN2CCC[C@H](c3cccc(-n4ccnc4)n3)C2)cc1. The second-order valence-corrected chi connectivity index (χ2v) is 6.45. The van der Waals surface area contributed by atoms with Crippen molar-refractivity contribution in [1.82, 2.24) is 19.4 Å². The number of hydrogen-bond donors (Lipinski definition) is 0. The molecule has 0 N–H and O–H groups in total. The Bertz CT molecular complexity index is 767. The normalized spacial score (nSPS) is 18.6. The van der Waals surface area contributed by atoms with Gasteiger partial charge in [-0.1, -0.05) is 36.4 Å². The highest BCUT2D eigenvalue weighted by atomic mass is 15.1. The summed E-state index contributed by atoms with van der Waals surface area (Å²) < 4.78 is 1.97. The molecule has 1 aliphatic rings. The van der Waals surface area contributed by atoms with Crippen LogP contribution >= 0.6 is 0 Å². The highest BCUT2D eigenvalue weighted by Crippen LogP contribution is 2.27. The Morgan fingerprint density at radius 1 is 1.04 bits per heavy atom. The molecule has 4 heteroatoms. The van der Waals surface area contributed by atoms with E-state index in [0.29, 0.717) is 5.92 Å². The molecule has 3 aromatic rings. The van der Waals surface area contributed by atoms with Crippen molar-refractivity contribution in [2.45, 2.75) is 25.3 Å². The molecule has 0 radical (unpaired) electrons. The lowest BCUT2D eigenvalue weighted by atomic mass is 9.94. The maximum absolute atomic E-state index is 4.88. The molecule has 4 rings (SSSR count). The van der Waals surface area contributed by atoms with Crippen LogP contribution < -0.4 is 0 Å². The summed E-state index contributed by atoms with van der Waals surface area (Å²) in [7, 11) is 0. The van der Waals surface area contributed by atoms with Gasteiger partial charge in [-0.25, -0.2) is 9.97 Å². The Kier molecular flexibility index (Phi) is 4.38. The number of hydrogen-bond acceptors (Lipinski definition) is 3. The number of pyridine rings is 1. The fourth-order valence-electron chi connectivity index (χ4n) is 3.49. The van der Waals surface area contributed by atoms with Gasteiger partial charge in [0, 0.05) is 37.1 Å². The second kappa shape index (κ2) is 6.97. The van der Waals surface area contributed by atoms with Crippen LogP contribution in [0, 0.1) is 0 Å². The zero-order valence-corrected chi connectivity index (χ0v) is 13.8. The standard InChI is InChI=1S/C20H22N4/c1-2-6-17(7-3-1)14-23-12-5-8-18(15-23)19-9-4-10-20(22-19)24-13-11-21-16-24/h1-4,6-7,9-11,13,16,18H,5,8,12,14-15H2/t18-/m0/s1. The summed E-state index contributed by atoms with van der Waals surface area (Å²) in [6.45, 7) is 3.28. The summed E-state index contributed by atoms with van der Waals surface area (Å²) in [5.74, 6) is 1.45. The first kappa shape index (κ1) is 15.1. The van der Waals surface area contributed by atoms with E-state index in [1.807, 2.05) is 16.8 Å². The molecule has 0 amide bonds. The number of rotatable bonds is 4. The van der Waals surface area contributed by atoms with Crippen molar-refractivity contribution in [3.63, 3.8) is 0 Å². The molecule has 3 heterocycles. The molecule has 122 valence electrons. The van der Waals surface area contributed by atoms with Gasteiger partial charge in [0.25, 0.3) is 0 Å². The molecule has 0 spiro atoms. The van der Waals surface area contributed by atoms with Gasteiger partial charge in [0.15, 0.2) is 0 Å². The number of benzene rings is 1. The minimum atomic E-state index is 0.505. The molecular formula is C20H22N4. The third-order valence-electron chi connectivity index (χ3n) is 4.70. The van der Waals surface area contributed by atoms with Crippen LogP contribution in [0.1, 0.15) is 30.0 Å². The molecule has 1 fully saturated rings. The van der Waals surface area contributed by atoms with Crippen molar-refractivity contribution in [2.24, 2.45) is 0 Å². The van der Waals surface area contributed by atoms with Crippen molar-refractivity contribution < 1.29 is 0 Å². The van der Waals surface area contributed by atoms with Gasteiger partial charge in [0.2, 0.25) is 0 Å². The van der Waals surface area contributed by atoms with Gasteiger partial charge in [-0.3, -0.25) is 9.47 Å². The van der Waals surface area contributed by atoms with Crippen LogP contribution in [0.3, 0.4) is 0 Å². The molecule has 24 heavy (non-hydrogen) atoms. The van der Waals surface area contributed by atoms with Crippen LogP contribution in [0.5, 0.6) is 0 Å². The average Bonchev–Trinajstić information content (AvgIpc) is 3.18. The molecule has 4 nitrogen and oxygen atoms in total. The molecule has 0 aliphatic carbocycles. The summed E-state index contributed by atoms with van der Waals surface area (Å²) >= 11 is 0. The monoisotopic (exact) mass is 318 g/mol. The fourth-order valence-corrected chi connectivity index (χ4v) is 3.49. The van der Waals surface area contributed by atoms with Crippen molar-refractivity contribution in [2.75, 3.05) is 13.1 Å². The van der Waals surface area contributed by atoms with Crippen LogP contribution in [-0.2, 0) is 6.54 Å². The van der Waals surface area contributed by atoms with Gasteiger partial charge >= 0.3 is 0 Å². The number of piperidine rings is 1. The van der Waals surface area contributed by atoms with Gasteiger partial charge < -0.3 is 0 Å². The number of aromatic nitrogens is 3. The zero-order chi connectivity index (χ0) is 16.2. The molecule has 0 saturated carbocycles. The Hall–Kier alpha value is -2.46. The number of nitrogens with zero attached hydrogens (tertiary/aromatic N) is 4. The van der Waals surface area contributed by atoms with Crippen LogP contribution in [-0.4, -0.2) is 32.5 Å². The first-order valence-corrected chi connectivity index (χ1v) is 8.60. The Labute approximate surface area is 142 Å². The number of imidazole rings is 1. The summed E-state index contributed by atoms with van der Waals surface area (Å²) in [4.78, 5) is 11.5. The smallest absolute Gasteiger partial charge is 0.138 e. The zero-order valence-electron chi connectivity index (χ0n) is 13.8. The van der Waals surface area contributed by atoms with Gasteiger partial charge in [0.05, 0.1) is 0 Å². The summed E-state index contributed by atoms with van der Waals surface area (Å²) in [6.07, 6.45) is 7.97. The fraction of sp³-hybridized carbons (Fsp3) is 0.300. The Morgan fingerprint density at radius 2 is 1.96 bits per heavy atom. The van der Waals surface area contributed by atoms with E-state index in [4.69, 9.17) is 4.98 Å². The lowest BCUT2D eigenvalue weighted by Crippen LogP contribution is -2.34. The van der Waals surface area contributed by atoms with E-state index in [0.717, 1.165) is 18.9 Å². The van der Waals surface area contributed by atoms with Crippen LogP contribution in [0.25, 0.3) is 5.82 Å². The summed E-state index contributed by atoms with van der Waals surface area (Å²) in [5, 5.41) is 0. The van der Waals surface area contributed by atoms with Gasteiger partial charge in [-0.2, -0.15) is 0 Å². The van der Waals surface area contributed by atoms with Gasteiger partial charge in [0.1, 0.15) is 12.1 Å². The third-order valence-corrected chi connectivity index (χ3v) is 4.70. The predicted molar refractivity (Wildman–Crippen MR) is 95.1 cm³/mol. The lowest BCUT2D eigenvalue weighted by molar-refractivity contribution is 0.198. The van der Waals surface area contributed by atoms with E-state index < -0.39 is 0 Å². The molecule has 2 aromatic heterocycles. The minimum Gasteiger partial charge on any atom is -0.298 e. The first-order chi connectivity index (χ1) is 11.9. The average molecular weight is 318 g/mol. The molecule has 1 aliphatic heterocycles. The van der Waals surface area contributed by atoms with E-state index in [-0.39, 0.29) is 0 Å². The van der Waals surface area contributed by atoms with Crippen molar-refractivity contribution in [3.05, 3.63) is 78.5 Å². The summed E-state index contributed by atoms with van der Waals surface area (Å²) in [6, 6.07) is 17.0. The number of likely N-dealkylation sites (tertiary alicyclic amines) is 1. The highest BCUT2D eigenvalue weighted by molar-refractivity contribution is 5.26. The van der Waals surface area contributed by atoms with Crippen LogP contribution in [0.15, 0.2) is 67.3 Å². The lowest BCUT2D eigenvalue weighted by Gasteiger charge is -2.32. The first-order valence-electron chi connectivity index (χ1n) is 8.60. The third kappa shape index (κ3) is 3.39. The largest absolute Gasteiger partial charge is 0.298 e. The van der Waals surface area contributed by atoms with E-state index in [1.165, 1.54) is 30.6 Å². The molecule has 0 unspecified atom stereocenters. The summed E-state index contributed by atoms with van der Waals surface area (Å²) in [5.41, 5.74) is 2.58. The van der Waals surface area contributed by atoms with Crippen molar-refractivity contribution in [1.29, 1.82) is 0 Å². The maximum Gasteiger partial charge on any atom is 0.138 e. The maximum atomic E-state index is 4.88. The highest BCUT2D eigenvalue weighted by Gasteiger charge is 2.22. The van der Waals surface area contributed by atoms with Crippen molar-refractivity contribution >= 4 is 0 Å². The molecule has 1 aromatic carbocycles. The van der Waals surface area contributed by atoms with Gasteiger partial charge in [-0.15, -0.1) is 0 Å². The predicted octanol–water partition coefficient (Wildman–Crippen LogP) is 3.65. The van der Waals surface area contributed by atoms with Gasteiger partial charge in [-0.05, 0) is 37.1 Å². The molecule has 0 bridgehead atoms. The Morgan fingerprint density at radius 3 is 2.79 bits per heavy atom. The molecular weight excluding hydrogens is 296 g/mol. The molecule has 1 atom stereocenters. The molecule has 1 saturated heterocycles. The van der Waals surface area contributed by atoms with E-state index in [9.17, 15) is 0 Å². The van der Waals surface area contributed by atoms with E-state index in [1.54, 1.807) is 12.5 Å². The van der Waals surface area contributed by atoms with Crippen molar-refractivity contribution in [3.8, 4) is 5.82 Å². The quantitative estimate of drug-likeness (QED) is 0.736. The topological polar surface area (TPSA) is 34.0 Å². The van der Waals surface area contributed by atoms with Crippen LogP contribution in [0.2, 0.25) is 0 Å². The van der Waals surface area contributed by atoms with E-state index in [2.05, 4.69) is 52.3 Å².